The zero-order valence-corrected chi connectivity index (χ0v) is 8.26. The molecule has 0 radical (unpaired) electrons. The van der Waals surface area contributed by atoms with Crippen LogP contribution in [0.5, 0.6) is 0 Å². The molecule has 2 saturated heterocycles. The Hall–Kier alpha value is -0.180. The van der Waals surface area contributed by atoms with E-state index in [0.717, 1.165) is 25.9 Å². The number of hydrogen-bond donors (Lipinski definition) is 0. The summed E-state index contributed by atoms with van der Waals surface area (Å²) in [4.78, 5) is 2.02. The SMILES string of the molecule is CC(C)CN1CC2CC1(C(F)F)C2. The molecule has 0 N–H and O–H groups in total. The largest absolute Gasteiger partial charge is 0.292 e. The van der Waals surface area contributed by atoms with Crippen LogP contribution in [0.1, 0.15) is 26.7 Å². The molecule has 0 aromatic rings. The van der Waals surface area contributed by atoms with Crippen molar-refractivity contribution in [1.29, 1.82) is 0 Å². The Morgan fingerprint density at radius 3 is 2.46 bits per heavy atom. The summed E-state index contributed by atoms with van der Waals surface area (Å²) < 4.78 is 25.6. The van der Waals surface area contributed by atoms with Crippen molar-refractivity contribution >= 4 is 0 Å². The second-order valence-electron chi connectivity index (χ2n) is 4.98. The van der Waals surface area contributed by atoms with Gasteiger partial charge in [0.15, 0.2) is 0 Å². The van der Waals surface area contributed by atoms with E-state index < -0.39 is 12.0 Å². The average Bonchev–Trinajstić information content (AvgIpc) is 2.37. The Bertz CT molecular complexity index is 197. The summed E-state index contributed by atoms with van der Waals surface area (Å²) in [7, 11) is 0. The molecule has 0 spiro atoms. The third kappa shape index (κ3) is 1.28. The Labute approximate surface area is 78.1 Å². The highest BCUT2D eigenvalue weighted by molar-refractivity contribution is 5.11. The van der Waals surface area contributed by atoms with E-state index in [0.29, 0.717) is 11.8 Å². The number of nitrogens with zero attached hydrogens (tertiary/aromatic N) is 1. The van der Waals surface area contributed by atoms with E-state index in [4.69, 9.17) is 0 Å². The molecular formula is C10H17F2N. The first-order valence-corrected chi connectivity index (χ1v) is 5.08. The van der Waals surface area contributed by atoms with Gasteiger partial charge < -0.3 is 0 Å². The van der Waals surface area contributed by atoms with Crippen LogP contribution in [0, 0.1) is 11.8 Å². The molecular weight excluding hydrogens is 172 g/mol. The minimum atomic E-state index is -2.15. The molecule has 0 atom stereocenters. The van der Waals surface area contributed by atoms with Gasteiger partial charge in [-0.1, -0.05) is 13.8 Å². The van der Waals surface area contributed by atoms with Crippen molar-refractivity contribution < 1.29 is 8.78 Å². The molecule has 1 aliphatic carbocycles. The van der Waals surface area contributed by atoms with Crippen molar-refractivity contribution in [3.05, 3.63) is 0 Å². The van der Waals surface area contributed by atoms with Gasteiger partial charge in [-0.2, -0.15) is 0 Å². The Balaban J connectivity index is 2.04. The first-order valence-electron chi connectivity index (χ1n) is 5.08. The van der Waals surface area contributed by atoms with E-state index in [2.05, 4.69) is 13.8 Å². The average molecular weight is 189 g/mol. The van der Waals surface area contributed by atoms with Crippen LogP contribution in [0.2, 0.25) is 0 Å². The fraction of sp³-hybridized carbons (Fsp3) is 1.00. The summed E-state index contributed by atoms with van der Waals surface area (Å²) in [5.41, 5.74) is -0.713. The van der Waals surface area contributed by atoms with Crippen molar-refractivity contribution in [2.45, 2.75) is 38.7 Å². The lowest BCUT2D eigenvalue weighted by molar-refractivity contribution is -0.0581. The molecule has 13 heavy (non-hydrogen) atoms. The van der Waals surface area contributed by atoms with Crippen LogP contribution in [0.25, 0.3) is 0 Å². The number of rotatable bonds is 3. The monoisotopic (exact) mass is 189 g/mol. The van der Waals surface area contributed by atoms with E-state index >= 15 is 0 Å². The summed E-state index contributed by atoms with van der Waals surface area (Å²) >= 11 is 0. The topological polar surface area (TPSA) is 3.24 Å². The van der Waals surface area contributed by atoms with E-state index in [9.17, 15) is 8.78 Å². The normalized spacial score (nSPS) is 38.8. The molecule has 1 nitrogen and oxygen atoms in total. The van der Waals surface area contributed by atoms with Gasteiger partial charge in [-0.3, -0.25) is 4.90 Å². The number of hydrogen-bond acceptors (Lipinski definition) is 1. The Kier molecular flexibility index (Phi) is 2.10. The summed E-state index contributed by atoms with van der Waals surface area (Å²) in [6, 6.07) is 0. The third-order valence-corrected chi connectivity index (χ3v) is 3.38. The van der Waals surface area contributed by atoms with Crippen LogP contribution in [0.4, 0.5) is 8.78 Å². The standard InChI is InChI=1S/C10H17F2N/c1-7(2)5-13-6-8-3-10(13,4-8)9(11)12/h7-9H,3-6H2,1-2H3. The molecule has 2 heterocycles. The molecule has 3 aliphatic rings. The van der Waals surface area contributed by atoms with Crippen molar-refractivity contribution in [2.24, 2.45) is 11.8 Å². The van der Waals surface area contributed by atoms with Gasteiger partial charge in [0.25, 0.3) is 6.43 Å². The van der Waals surface area contributed by atoms with Crippen LogP contribution in [-0.2, 0) is 0 Å². The highest BCUT2D eigenvalue weighted by Crippen LogP contribution is 2.53. The molecule has 0 unspecified atom stereocenters. The molecule has 0 aromatic carbocycles. The first kappa shape index (κ1) is 9.38. The Morgan fingerprint density at radius 2 is 2.00 bits per heavy atom. The predicted octanol–water partition coefficient (Wildman–Crippen LogP) is 2.37. The van der Waals surface area contributed by atoms with Gasteiger partial charge in [0, 0.05) is 13.1 Å². The fourth-order valence-corrected chi connectivity index (χ4v) is 2.83. The molecule has 1 saturated carbocycles. The lowest BCUT2D eigenvalue weighted by Gasteiger charge is -2.42. The lowest BCUT2D eigenvalue weighted by Crippen LogP contribution is -2.52. The second kappa shape index (κ2) is 2.91. The molecule has 3 rings (SSSR count). The second-order valence-corrected chi connectivity index (χ2v) is 4.98. The maximum Gasteiger partial charge on any atom is 0.256 e. The number of alkyl halides is 2. The molecule has 2 bridgehead atoms. The third-order valence-electron chi connectivity index (χ3n) is 3.38. The molecule has 3 fully saturated rings. The molecule has 0 aromatic heterocycles. The summed E-state index contributed by atoms with van der Waals surface area (Å²) in [5, 5.41) is 0. The van der Waals surface area contributed by atoms with Gasteiger partial charge in [0.05, 0.1) is 5.54 Å². The minimum Gasteiger partial charge on any atom is -0.292 e. The van der Waals surface area contributed by atoms with Gasteiger partial charge in [0.2, 0.25) is 0 Å². The van der Waals surface area contributed by atoms with Gasteiger partial charge in [-0.15, -0.1) is 0 Å². The van der Waals surface area contributed by atoms with Gasteiger partial charge in [0.1, 0.15) is 0 Å². The zero-order chi connectivity index (χ0) is 9.64. The van der Waals surface area contributed by atoms with Crippen LogP contribution in [0.15, 0.2) is 0 Å². The van der Waals surface area contributed by atoms with Crippen molar-refractivity contribution in [2.75, 3.05) is 13.1 Å². The maximum absolute atomic E-state index is 12.8. The molecule has 3 heteroatoms. The molecule has 2 aliphatic heterocycles. The first-order chi connectivity index (χ1) is 6.04. The minimum absolute atomic E-state index is 0.495. The van der Waals surface area contributed by atoms with E-state index in [1.165, 1.54) is 0 Å². The smallest absolute Gasteiger partial charge is 0.256 e. The van der Waals surface area contributed by atoms with E-state index in [1.807, 2.05) is 4.90 Å². The zero-order valence-electron chi connectivity index (χ0n) is 8.26. The van der Waals surface area contributed by atoms with Crippen LogP contribution in [-0.4, -0.2) is 30.0 Å². The summed E-state index contributed by atoms with van der Waals surface area (Å²) in [6.45, 7) is 5.92. The van der Waals surface area contributed by atoms with Crippen LogP contribution < -0.4 is 0 Å². The van der Waals surface area contributed by atoms with E-state index in [1.54, 1.807) is 0 Å². The van der Waals surface area contributed by atoms with Crippen molar-refractivity contribution in [3.63, 3.8) is 0 Å². The summed E-state index contributed by atoms with van der Waals surface area (Å²) in [6.07, 6.45) is -0.681. The van der Waals surface area contributed by atoms with Gasteiger partial charge in [-0.25, -0.2) is 8.78 Å². The highest BCUT2D eigenvalue weighted by atomic mass is 19.3. The van der Waals surface area contributed by atoms with E-state index in [-0.39, 0.29) is 0 Å². The van der Waals surface area contributed by atoms with Crippen LogP contribution >= 0.6 is 0 Å². The lowest BCUT2D eigenvalue weighted by atomic mass is 9.73. The quantitative estimate of drug-likeness (QED) is 0.658. The molecule has 0 amide bonds. The molecule has 76 valence electrons. The predicted molar refractivity (Wildman–Crippen MR) is 47.9 cm³/mol. The van der Waals surface area contributed by atoms with Gasteiger partial charge >= 0.3 is 0 Å². The number of fused-ring (bicyclic) bond motifs is 1. The highest BCUT2D eigenvalue weighted by Gasteiger charge is 2.60. The van der Waals surface area contributed by atoms with Crippen molar-refractivity contribution in [3.8, 4) is 0 Å². The summed E-state index contributed by atoms with van der Waals surface area (Å²) in [5.74, 6) is 1.06. The maximum atomic E-state index is 12.8. The van der Waals surface area contributed by atoms with Crippen molar-refractivity contribution in [1.82, 2.24) is 4.90 Å². The fourth-order valence-electron chi connectivity index (χ4n) is 2.83. The Morgan fingerprint density at radius 1 is 1.38 bits per heavy atom. The number of halogens is 2. The van der Waals surface area contributed by atoms with Crippen LogP contribution in [0.3, 0.4) is 0 Å². The van der Waals surface area contributed by atoms with Gasteiger partial charge in [-0.05, 0) is 24.7 Å².